The molecule has 4 aromatic rings. The zero-order chi connectivity index (χ0) is 21.5. The van der Waals surface area contributed by atoms with Gasteiger partial charge >= 0.3 is 0 Å². The van der Waals surface area contributed by atoms with Crippen LogP contribution in [0.15, 0.2) is 41.5 Å². The first-order chi connectivity index (χ1) is 15.0. The van der Waals surface area contributed by atoms with Crippen LogP contribution in [0.25, 0.3) is 22.6 Å². The Hall–Kier alpha value is -2.81. The Morgan fingerprint density at radius 2 is 1.97 bits per heavy atom. The Morgan fingerprint density at radius 3 is 2.74 bits per heavy atom. The van der Waals surface area contributed by atoms with Crippen LogP contribution >= 0.6 is 11.6 Å². The largest absolute Gasteiger partial charge is 0.395 e. The normalized spacial score (nSPS) is 15.8. The van der Waals surface area contributed by atoms with Gasteiger partial charge in [-0.05, 0) is 51.1 Å². The van der Waals surface area contributed by atoms with E-state index in [9.17, 15) is 4.79 Å². The molecule has 0 spiro atoms. The van der Waals surface area contributed by atoms with Crippen molar-refractivity contribution in [1.29, 1.82) is 0 Å². The van der Waals surface area contributed by atoms with Crippen LogP contribution in [0.4, 0.5) is 0 Å². The number of nitrogens with zero attached hydrogens (tertiary/aromatic N) is 6. The predicted octanol–water partition coefficient (Wildman–Crippen LogP) is 2.54. The lowest BCUT2D eigenvalue weighted by Gasteiger charge is -2.31. The molecule has 5 heterocycles. The molecule has 8 nitrogen and oxygen atoms in total. The third-order valence-corrected chi connectivity index (χ3v) is 6.16. The number of hydrogen-bond donors (Lipinski definition) is 1. The Bertz CT molecular complexity index is 1320. The first kappa shape index (κ1) is 20.1. The summed E-state index contributed by atoms with van der Waals surface area (Å²) < 4.78 is 3.22. The summed E-state index contributed by atoms with van der Waals surface area (Å²) in [5, 5.41) is 14.2. The molecule has 0 bridgehead atoms. The second-order valence-electron chi connectivity index (χ2n) is 8.04. The second kappa shape index (κ2) is 8.03. The minimum Gasteiger partial charge on any atom is -0.395 e. The minimum atomic E-state index is -0.224. The number of fused-ring (bicyclic) bond motifs is 2. The maximum Gasteiger partial charge on any atom is 0.275 e. The zero-order valence-electron chi connectivity index (χ0n) is 17.2. The van der Waals surface area contributed by atoms with Gasteiger partial charge in [0, 0.05) is 36.5 Å². The fourth-order valence-corrected chi connectivity index (χ4v) is 4.55. The highest BCUT2D eigenvalue weighted by Gasteiger charge is 2.22. The van der Waals surface area contributed by atoms with Crippen LogP contribution in [0, 0.1) is 6.92 Å². The summed E-state index contributed by atoms with van der Waals surface area (Å²) in [6.07, 6.45) is 5.68. The summed E-state index contributed by atoms with van der Waals surface area (Å²) in [7, 11) is 0. The summed E-state index contributed by atoms with van der Waals surface area (Å²) in [4.78, 5) is 24.2. The van der Waals surface area contributed by atoms with E-state index in [2.05, 4.69) is 20.0 Å². The molecular weight excluding hydrogens is 416 g/mol. The molecular formula is C22H23ClN6O2. The van der Waals surface area contributed by atoms with Gasteiger partial charge in [-0.2, -0.15) is 9.61 Å². The third kappa shape index (κ3) is 3.82. The number of imidazole rings is 1. The number of aliphatic hydroxyl groups excluding tert-OH is 1. The van der Waals surface area contributed by atoms with E-state index in [1.165, 1.54) is 10.6 Å². The van der Waals surface area contributed by atoms with Gasteiger partial charge in [-0.1, -0.05) is 11.6 Å². The summed E-state index contributed by atoms with van der Waals surface area (Å²) in [5.41, 5.74) is 4.02. The Morgan fingerprint density at radius 1 is 1.16 bits per heavy atom. The Balaban J connectivity index is 1.48. The number of halogens is 1. The average molecular weight is 439 g/mol. The number of piperidine rings is 1. The summed E-state index contributed by atoms with van der Waals surface area (Å²) in [5.74, 6) is 0.302. The molecule has 0 unspecified atom stereocenters. The molecule has 1 fully saturated rings. The van der Waals surface area contributed by atoms with Crippen LogP contribution in [0.3, 0.4) is 0 Å². The lowest BCUT2D eigenvalue weighted by Crippen LogP contribution is -2.35. The van der Waals surface area contributed by atoms with Gasteiger partial charge in [-0.15, -0.1) is 0 Å². The lowest BCUT2D eigenvalue weighted by molar-refractivity contribution is 0.163. The van der Waals surface area contributed by atoms with Crippen molar-refractivity contribution >= 4 is 22.9 Å². The number of hydrogen-bond acceptors (Lipinski definition) is 6. The highest BCUT2D eigenvalue weighted by molar-refractivity contribution is 6.33. The van der Waals surface area contributed by atoms with Crippen LogP contribution in [0.2, 0.25) is 5.02 Å². The highest BCUT2D eigenvalue weighted by Crippen LogP contribution is 2.27. The first-order valence-electron chi connectivity index (χ1n) is 10.4. The number of pyridine rings is 1. The number of rotatable bonds is 4. The minimum absolute atomic E-state index is 0.181. The third-order valence-electron chi connectivity index (χ3n) is 5.88. The molecule has 0 aromatic carbocycles. The van der Waals surface area contributed by atoms with Gasteiger partial charge in [-0.25, -0.2) is 9.97 Å². The van der Waals surface area contributed by atoms with Gasteiger partial charge in [0.05, 0.1) is 28.7 Å². The van der Waals surface area contributed by atoms with Crippen molar-refractivity contribution in [3.8, 4) is 11.3 Å². The molecule has 1 aliphatic heterocycles. The molecule has 31 heavy (non-hydrogen) atoms. The number of aromatic nitrogens is 5. The summed E-state index contributed by atoms with van der Waals surface area (Å²) in [6.45, 7) is 4.64. The van der Waals surface area contributed by atoms with Gasteiger partial charge in [0.1, 0.15) is 0 Å². The van der Waals surface area contributed by atoms with E-state index in [0.29, 0.717) is 34.5 Å². The molecule has 5 rings (SSSR count). The number of aryl methyl sites for hydroxylation is 1. The SMILES string of the molecule is Cc1cn2cc(-c3cc(=O)n4nc(C5CCN(CCO)CC5)ccc4n3)cc(Cl)c2n1. The number of likely N-dealkylation sites (tertiary alicyclic amines) is 1. The van der Waals surface area contributed by atoms with Gasteiger partial charge in [0.25, 0.3) is 5.56 Å². The molecule has 0 radical (unpaired) electrons. The van der Waals surface area contributed by atoms with E-state index in [1.54, 1.807) is 6.07 Å². The summed E-state index contributed by atoms with van der Waals surface area (Å²) >= 11 is 6.40. The van der Waals surface area contributed by atoms with E-state index in [1.807, 2.05) is 35.9 Å². The molecule has 1 saturated heterocycles. The van der Waals surface area contributed by atoms with E-state index in [4.69, 9.17) is 16.7 Å². The van der Waals surface area contributed by atoms with Crippen molar-refractivity contribution in [3.63, 3.8) is 0 Å². The lowest BCUT2D eigenvalue weighted by atomic mass is 9.93. The molecule has 1 aliphatic rings. The zero-order valence-corrected chi connectivity index (χ0v) is 18.0. The predicted molar refractivity (Wildman–Crippen MR) is 119 cm³/mol. The van der Waals surface area contributed by atoms with Crippen molar-refractivity contribution in [2.45, 2.75) is 25.7 Å². The monoisotopic (exact) mass is 438 g/mol. The first-order valence-corrected chi connectivity index (χ1v) is 10.8. The van der Waals surface area contributed by atoms with Gasteiger partial charge in [-0.3, -0.25) is 4.79 Å². The van der Waals surface area contributed by atoms with Crippen molar-refractivity contribution < 1.29 is 5.11 Å². The fourth-order valence-electron chi connectivity index (χ4n) is 4.29. The van der Waals surface area contributed by atoms with Crippen molar-refractivity contribution in [2.75, 3.05) is 26.2 Å². The van der Waals surface area contributed by atoms with Crippen molar-refractivity contribution in [3.05, 3.63) is 63.4 Å². The molecule has 0 saturated carbocycles. The molecule has 160 valence electrons. The van der Waals surface area contributed by atoms with Crippen molar-refractivity contribution in [2.24, 2.45) is 0 Å². The van der Waals surface area contributed by atoms with Crippen LogP contribution < -0.4 is 5.56 Å². The van der Waals surface area contributed by atoms with Crippen LogP contribution in [-0.2, 0) is 0 Å². The van der Waals surface area contributed by atoms with Crippen LogP contribution in [-0.4, -0.2) is 60.2 Å². The van der Waals surface area contributed by atoms with Gasteiger partial charge in [0.2, 0.25) is 0 Å². The summed E-state index contributed by atoms with van der Waals surface area (Å²) in [6, 6.07) is 7.10. The molecule has 9 heteroatoms. The van der Waals surface area contributed by atoms with Crippen LogP contribution in [0.5, 0.6) is 0 Å². The van der Waals surface area contributed by atoms with Gasteiger partial charge in [0.15, 0.2) is 11.3 Å². The average Bonchev–Trinajstić information content (AvgIpc) is 3.15. The van der Waals surface area contributed by atoms with Gasteiger partial charge < -0.3 is 14.4 Å². The highest BCUT2D eigenvalue weighted by atomic mass is 35.5. The maximum atomic E-state index is 12.9. The second-order valence-corrected chi connectivity index (χ2v) is 8.44. The van der Waals surface area contributed by atoms with E-state index in [0.717, 1.165) is 42.9 Å². The molecule has 0 amide bonds. The van der Waals surface area contributed by atoms with E-state index in [-0.39, 0.29) is 12.2 Å². The number of β-amino-alcohol motifs (C(OH)–C–C–N with tert-alkyl or cyclic N) is 1. The van der Waals surface area contributed by atoms with E-state index < -0.39 is 0 Å². The number of aliphatic hydroxyl groups is 1. The molecule has 0 aliphatic carbocycles. The van der Waals surface area contributed by atoms with Crippen molar-refractivity contribution in [1.82, 2.24) is 28.9 Å². The topological polar surface area (TPSA) is 88.0 Å². The maximum absolute atomic E-state index is 12.9. The fraction of sp³-hybridized carbons (Fsp3) is 0.364. The quantitative estimate of drug-likeness (QED) is 0.526. The standard InChI is InChI=1S/C22H23ClN6O2/c1-14-12-28-13-16(10-17(23)22(28)24-14)19-11-21(31)29-20(25-19)3-2-18(26-29)15-4-6-27(7-5-15)8-9-30/h2-3,10-13,15,30H,4-9H2,1H3. The van der Waals surface area contributed by atoms with Crippen LogP contribution in [0.1, 0.15) is 30.1 Å². The Labute approximate surface area is 183 Å². The smallest absolute Gasteiger partial charge is 0.275 e. The molecule has 4 aromatic heterocycles. The molecule has 0 atom stereocenters. The Kier molecular flexibility index (Phi) is 5.21. The molecule has 1 N–H and O–H groups in total. The van der Waals surface area contributed by atoms with E-state index >= 15 is 0 Å².